The molecule has 0 rings (SSSR count). The molecule has 3 heteroatoms. The van der Waals surface area contributed by atoms with Crippen molar-refractivity contribution in [1.29, 1.82) is 0 Å². The molecule has 0 amide bonds. The molecule has 0 aliphatic carbocycles. The van der Waals surface area contributed by atoms with Gasteiger partial charge in [0.1, 0.15) is 0 Å². The van der Waals surface area contributed by atoms with Gasteiger partial charge in [0, 0.05) is 0 Å². The van der Waals surface area contributed by atoms with Crippen LogP contribution in [0.1, 0.15) is 113 Å². The molecular weight excluding hydrogens is 339 g/mol. The predicted octanol–water partition coefficient (Wildman–Crippen LogP) is 8.02. The van der Waals surface area contributed by atoms with Gasteiger partial charge in [-0.15, -0.1) is 0 Å². The summed E-state index contributed by atoms with van der Waals surface area (Å²) in [7, 11) is 0. The van der Waals surface area contributed by atoms with Gasteiger partial charge >= 0.3 is 165 Å². The predicted molar refractivity (Wildman–Crippen MR) is 121 cm³/mol. The third-order valence-electron chi connectivity index (χ3n) is 6.08. The third kappa shape index (κ3) is 7.87. The first-order valence-electron chi connectivity index (χ1n) is 11.5. The van der Waals surface area contributed by atoms with Crippen LogP contribution in [0.5, 0.6) is 0 Å². The minimum atomic E-state index is -2.48. The summed E-state index contributed by atoms with van der Waals surface area (Å²) in [6.07, 6.45) is 16.2. The number of hydrogen-bond acceptors (Lipinski definition) is 2. The molecule has 26 heavy (non-hydrogen) atoms. The van der Waals surface area contributed by atoms with Crippen molar-refractivity contribution in [2.45, 2.75) is 113 Å². The average Bonchev–Trinajstić information content (AvgIpc) is 2.62. The Labute approximate surface area is 165 Å². The van der Waals surface area contributed by atoms with Crippen molar-refractivity contribution in [1.82, 2.24) is 0 Å². The summed E-state index contributed by atoms with van der Waals surface area (Å²) in [6, 6.07) is 0. The zero-order valence-electron chi connectivity index (χ0n) is 19.2. The average molecular weight is 389 g/mol. The first-order valence-corrected chi connectivity index (χ1v) is 14.4. The van der Waals surface area contributed by atoms with Crippen LogP contribution < -0.4 is 0 Å². The van der Waals surface area contributed by atoms with E-state index in [0.29, 0.717) is 0 Å². The van der Waals surface area contributed by atoms with E-state index >= 15 is 0 Å². The van der Waals surface area contributed by atoms with E-state index in [4.69, 9.17) is 4.52 Å². The summed E-state index contributed by atoms with van der Waals surface area (Å²) in [6.45, 7) is 12.9. The fourth-order valence-corrected chi connectivity index (χ4v) is 11.1. The summed E-state index contributed by atoms with van der Waals surface area (Å²) >= 11 is 0. The van der Waals surface area contributed by atoms with Crippen LogP contribution in [0.4, 0.5) is 0 Å². The molecule has 0 aliphatic heterocycles. The monoisotopic (exact) mass is 388 g/mol. The minimum absolute atomic E-state index is 0.0939. The normalized spacial score (nSPS) is 14.0. The van der Waals surface area contributed by atoms with Crippen LogP contribution in [0, 0.1) is 5.41 Å². The Morgan fingerprint density at radius 2 is 1.04 bits per heavy atom. The van der Waals surface area contributed by atoms with Crippen molar-refractivity contribution in [3.05, 3.63) is 0 Å². The van der Waals surface area contributed by atoms with Gasteiger partial charge in [0.25, 0.3) is 0 Å². The molecule has 0 bridgehead atoms. The van der Waals surface area contributed by atoms with Crippen LogP contribution in [0.3, 0.4) is 0 Å². The van der Waals surface area contributed by atoms with Gasteiger partial charge in [-0.25, -0.2) is 0 Å². The molecule has 0 saturated carbocycles. The molecule has 0 atom stereocenters. The summed E-state index contributed by atoms with van der Waals surface area (Å²) in [5, 5.41) is 0. The summed E-state index contributed by atoms with van der Waals surface area (Å²) in [5.74, 6) is 0.0939. The van der Waals surface area contributed by atoms with Gasteiger partial charge in [0.05, 0.1) is 0 Å². The SMILES string of the molecule is CCCCP(CCCC)(CCCC)(CCCC)OC(=O)C(C)(C)CCC. The molecule has 0 aromatic heterocycles. The fraction of sp³-hybridized carbons (Fsp3) is 0.957. The molecule has 0 fully saturated rings. The zero-order chi connectivity index (χ0) is 20.1. The number of unbranched alkanes of at least 4 members (excludes halogenated alkanes) is 4. The molecule has 0 heterocycles. The second kappa shape index (κ2) is 12.4. The van der Waals surface area contributed by atoms with Gasteiger partial charge in [-0.3, -0.25) is 0 Å². The first kappa shape index (κ1) is 25.9. The van der Waals surface area contributed by atoms with E-state index in [1.54, 1.807) is 0 Å². The second-order valence-corrected chi connectivity index (χ2v) is 14.9. The van der Waals surface area contributed by atoms with Crippen molar-refractivity contribution in [2.24, 2.45) is 5.41 Å². The van der Waals surface area contributed by atoms with Crippen LogP contribution in [-0.4, -0.2) is 30.6 Å². The quantitative estimate of drug-likeness (QED) is 0.250. The molecule has 0 aliphatic rings. The van der Waals surface area contributed by atoms with Crippen molar-refractivity contribution in [3.63, 3.8) is 0 Å². The van der Waals surface area contributed by atoms with E-state index in [0.717, 1.165) is 37.5 Å². The van der Waals surface area contributed by atoms with Gasteiger partial charge in [0.15, 0.2) is 0 Å². The van der Waals surface area contributed by atoms with Crippen molar-refractivity contribution >= 4 is 12.8 Å². The van der Waals surface area contributed by atoms with Gasteiger partial charge in [-0.2, -0.15) is 0 Å². The molecule has 0 spiro atoms. The van der Waals surface area contributed by atoms with Gasteiger partial charge < -0.3 is 0 Å². The summed E-state index contributed by atoms with van der Waals surface area (Å²) in [5.41, 5.74) is -0.352. The molecule has 0 unspecified atom stereocenters. The molecule has 0 N–H and O–H groups in total. The van der Waals surface area contributed by atoms with Crippen LogP contribution in [0.15, 0.2) is 0 Å². The second-order valence-electron chi connectivity index (χ2n) is 9.18. The third-order valence-corrected chi connectivity index (χ3v) is 12.6. The Hall–Kier alpha value is -0.100. The Morgan fingerprint density at radius 1 is 0.692 bits per heavy atom. The standard InChI is InChI=1S/C23H49O2P/c1-8-13-18-26(19-14-9-2,20-15-10-3,21-16-11-4)25-22(24)23(6,7)17-12-5/h8-21H2,1-7H3. The molecule has 0 aromatic carbocycles. The number of carbonyl (C=O) groups is 1. The Balaban J connectivity index is 5.94. The Morgan fingerprint density at radius 3 is 1.31 bits per heavy atom. The van der Waals surface area contributed by atoms with E-state index in [2.05, 4.69) is 48.5 Å². The van der Waals surface area contributed by atoms with Gasteiger partial charge in [-0.1, -0.05) is 0 Å². The van der Waals surface area contributed by atoms with Crippen molar-refractivity contribution < 1.29 is 9.32 Å². The molecule has 2 nitrogen and oxygen atoms in total. The molecular formula is C23H49O2P. The van der Waals surface area contributed by atoms with Gasteiger partial charge in [0.2, 0.25) is 0 Å². The van der Waals surface area contributed by atoms with E-state index < -0.39 is 6.83 Å². The van der Waals surface area contributed by atoms with Crippen LogP contribution >= 0.6 is 6.83 Å². The number of rotatable bonds is 16. The van der Waals surface area contributed by atoms with Crippen LogP contribution in [-0.2, 0) is 9.32 Å². The number of hydrogen-bond donors (Lipinski definition) is 0. The maximum atomic E-state index is 13.3. The molecule has 0 radical (unpaired) electrons. The van der Waals surface area contributed by atoms with Gasteiger partial charge in [-0.05, 0) is 0 Å². The van der Waals surface area contributed by atoms with Crippen LogP contribution in [0.25, 0.3) is 0 Å². The van der Waals surface area contributed by atoms with E-state index in [1.165, 1.54) is 51.4 Å². The van der Waals surface area contributed by atoms with Crippen LogP contribution in [0.2, 0.25) is 0 Å². The van der Waals surface area contributed by atoms with Crippen molar-refractivity contribution in [3.8, 4) is 0 Å². The molecule has 0 saturated heterocycles. The van der Waals surface area contributed by atoms with E-state index in [9.17, 15) is 4.79 Å². The van der Waals surface area contributed by atoms with Crippen molar-refractivity contribution in [2.75, 3.05) is 24.6 Å². The molecule has 0 aromatic rings. The Kier molecular flexibility index (Phi) is 12.3. The maximum absolute atomic E-state index is 13.3. The van der Waals surface area contributed by atoms with E-state index in [-0.39, 0.29) is 11.4 Å². The first-order chi connectivity index (χ1) is 12.2. The summed E-state index contributed by atoms with van der Waals surface area (Å²) in [4.78, 5) is 13.3. The Bertz CT molecular complexity index is 346. The fourth-order valence-electron chi connectivity index (χ4n) is 4.17. The van der Waals surface area contributed by atoms with E-state index in [1.807, 2.05) is 0 Å². The molecule has 158 valence electrons. The topological polar surface area (TPSA) is 26.3 Å². The zero-order valence-corrected chi connectivity index (χ0v) is 20.1. The number of carbonyl (C=O) groups excluding carboxylic acids is 1. The summed E-state index contributed by atoms with van der Waals surface area (Å²) < 4.78 is 6.84.